The molecule has 0 saturated carbocycles. The highest BCUT2D eigenvalue weighted by molar-refractivity contribution is 7.90. The van der Waals surface area contributed by atoms with Crippen LogP contribution in [0.1, 0.15) is 18.2 Å². The Bertz CT molecular complexity index is 982. The lowest BCUT2D eigenvalue weighted by molar-refractivity contribution is -0.149. The van der Waals surface area contributed by atoms with E-state index in [1.807, 2.05) is 0 Å². The van der Waals surface area contributed by atoms with Crippen LogP contribution in [0.25, 0.3) is 0 Å². The molecule has 1 unspecified atom stereocenters. The minimum Gasteiger partial charge on any atom is -0.467 e. The highest BCUT2D eigenvalue weighted by atomic mass is 32.2. The summed E-state index contributed by atoms with van der Waals surface area (Å²) in [4.78, 5) is 27.9. The standard InChI is InChI=1S/C17H17N3O6S/c1-11(17(22)26-10-15(21)18-9-12-5-4-8-25-12)19-16-13-6-2-3-7-14(13)27(23,24)20-16/h2-8,11H,9-10H2,1H3,(H,18,21)(H,19,20). The summed E-state index contributed by atoms with van der Waals surface area (Å²) < 4.78 is 36.4. The summed E-state index contributed by atoms with van der Waals surface area (Å²) in [5, 5.41) is 2.54. The van der Waals surface area contributed by atoms with Crippen LogP contribution in [0.15, 0.2) is 57.0 Å². The van der Waals surface area contributed by atoms with Crippen molar-refractivity contribution in [1.29, 1.82) is 0 Å². The second-order valence-electron chi connectivity index (χ2n) is 5.72. The molecule has 1 aromatic carbocycles. The third kappa shape index (κ3) is 4.34. The molecule has 10 heteroatoms. The number of amidine groups is 1. The number of hydrogen-bond donors (Lipinski definition) is 2. The van der Waals surface area contributed by atoms with Gasteiger partial charge in [-0.05, 0) is 31.2 Å². The highest BCUT2D eigenvalue weighted by Crippen LogP contribution is 2.22. The Kier molecular flexibility index (Phi) is 5.26. The topological polar surface area (TPSA) is 127 Å². The van der Waals surface area contributed by atoms with Gasteiger partial charge in [-0.2, -0.15) is 0 Å². The van der Waals surface area contributed by atoms with Crippen molar-refractivity contribution < 1.29 is 27.2 Å². The van der Waals surface area contributed by atoms with Gasteiger partial charge in [0.25, 0.3) is 15.9 Å². The number of hydrogen-bond acceptors (Lipinski definition) is 7. The SMILES string of the molecule is CC(N=C1NS(=O)(=O)c2ccccc21)C(=O)OCC(=O)NCc1ccco1. The van der Waals surface area contributed by atoms with Gasteiger partial charge in [-0.1, -0.05) is 12.1 Å². The van der Waals surface area contributed by atoms with E-state index in [0.29, 0.717) is 11.3 Å². The Morgan fingerprint density at radius 3 is 2.78 bits per heavy atom. The quantitative estimate of drug-likeness (QED) is 0.693. The number of rotatable bonds is 6. The number of fused-ring (bicyclic) bond motifs is 1. The normalized spacial score (nSPS) is 17.0. The summed E-state index contributed by atoms with van der Waals surface area (Å²) >= 11 is 0. The molecule has 2 aromatic rings. The molecule has 2 heterocycles. The van der Waals surface area contributed by atoms with Crippen molar-refractivity contribution in [2.45, 2.75) is 24.4 Å². The fourth-order valence-corrected chi connectivity index (χ4v) is 3.62. The summed E-state index contributed by atoms with van der Waals surface area (Å²) in [6.45, 7) is 1.15. The number of carbonyl (C=O) groups is 2. The Balaban J connectivity index is 1.56. The van der Waals surface area contributed by atoms with E-state index in [1.54, 1.807) is 30.3 Å². The third-order valence-corrected chi connectivity index (χ3v) is 5.11. The monoisotopic (exact) mass is 391 g/mol. The Hall–Kier alpha value is -3.14. The molecule has 0 saturated heterocycles. The number of ether oxygens (including phenoxy) is 1. The van der Waals surface area contributed by atoms with Gasteiger partial charge in [-0.3, -0.25) is 14.5 Å². The molecule has 0 spiro atoms. The first kappa shape index (κ1) is 18.6. The van der Waals surface area contributed by atoms with Gasteiger partial charge in [0.2, 0.25) is 0 Å². The fraction of sp³-hybridized carbons (Fsp3) is 0.235. The van der Waals surface area contributed by atoms with Gasteiger partial charge >= 0.3 is 5.97 Å². The molecule has 0 fully saturated rings. The molecule has 1 aromatic heterocycles. The number of furan rings is 1. The number of amides is 1. The average Bonchev–Trinajstić information content (AvgIpc) is 3.25. The summed E-state index contributed by atoms with van der Waals surface area (Å²) in [6.07, 6.45) is 1.48. The van der Waals surface area contributed by atoms with E-state index < -0.39 is 34.5 Å². The maximum Gasteiger partial charge on any atom is 0.331 e. The van der Waals surface area contributed by atoms with Crippen molar-refractivity contribution in [1.82, 2.24) is 10.0 Å². The van der Waals surface area contributed by atoms with E-state index in [2.05, 4.69) is 15.0 Å². The number of carbonyl (C=O) groups excluding carboxylic acids is 2. The van der Waals surface area contributed by atoms with Gasteiger partial charge in [-0.15, -0.1) is 0 Å². The summed E-state index contributed by atoms with van der Waals surface area (Å²) in [5.41, 5.74) is 0.383. The maximum atomic E-state index is 12.0. The van der Waals surface area contributed by atoms with Crippen LogP contribution < -0.4 is 10.0 Å². The van der Waals surface area contributed by atoms with Crippen molar-refractivity contribution in [3.63, 3.8) is 0 Å². The number of benzene rings is 1. The van der Waals surface area contributed by atoms with Crippen molar-refractivity contribution >= 4 is 27.7 Å². The summed E-state index contributed by atoms with van der Waals surface area (Å²) in [7, 11) is -3.69. The van der Waals surface area contributed by atoms with E-state index in [1.165, 1.54) is 19.3 Å². The molecular weight excluding hydrogens is 374 g/mol. The van der Waals surface area contributed by atoms with Crippen LogP contribution in [0, 0.1) is 0 Å². The fourth-order valence-electron chi connectivity index (χ4n) is 2.38. The van der Waals surface area contributed by atoms with Gasteiger partial charge in [0.15, 0.2) is 6.61 Å². The molecule has 0 aliphatic carbocycles. The van der Waals surface area contributed by atoms with Crippen LogP contribution >= 0.6 is 0 Å². The molecular formula is C17H17N3O6S. The van der Waals surface area contributed by atoms with Gasteiger partial charge in [-0.25, -0.2) is 13.2 Å². The van der Waals surface area contributed by atoms with E-state index >= 15 is 0 Å². The van der Waals surface area contributed by atoms with Crippen LogP contribution in [0.5, 0.6) is 0 Å². The van der Waals surface area contributed by atoms with Crippen LogP contribution in [0.2, 0.25) is 0 Å². The molecule has 1 atom stereocenters. The molecule has 0 radical (unpaired) electrons. The first-order valence-corrected chi connectivity index (χ1v) is 9.51. The molecule has 1 aliphatic rings. The number of sulfonamides is 1. The molecule has 9 nitrogen and oxygen atoms in total. The van der Waals surface area contributed by atoms with E-state index in [9.17, 15) is 18.0 Å². The molecule has 142 valence electrons. The van der Waals surface area contributed by atoms with E-state index in [-0.39, 0.29) is 17.3 Å². The van der Waals surface area contributed by atoms with Crippen molar-refractivity contribution in [2.75, 3.05) is 6.61 Å². The summed E-state index contributed by atoms with van der Waals surface area (Å²) in [6, 6.07) is 8.71. The minimum absolute atomic E-state index is 0.0670. The lowest BCUT2D eigenvalue weighted by Crippen LogP contribution is -2.31. The smallest absolute Gasteiger partial charge is 0.331 e. The second kappa shape index (κ2) is 7.62. The van der Waals surface area contributed by atoms with E-state index in [0.717, 1.165) is 0 Å². The molecule has 1 amide bonds. The third-order valence-electron chi connectivity index (χ3n) is 3.71. The molecule has 3 rings (SSSR count). The van der Waals surface area contributed by atoms with Gasteiger partial charge in [0, 0.05) is 5.56 Å². The van der Waals surface area contributed by atoms with Crippen LogP contribution in [0.4, 0.5) is 0 Å². The number of esters is 1. The number of aliphatic imine (C=N–C) groups is 1. The zero-order valence-electron chi connectivity index (χ0n) is 14.3. The largest absolute Gasteiger partial charge is 0.467 e. The van der Waals surface area contributed by atoms with E-state index in [4.69, 9.17) is 9.15 Å². The molecule has 0 bridgehead atoms. The number of nitrogens with one attached hydrogen (secondary N) is 2. The predicted molar refractivity (Wildman–Crippen MR) is 94.3 cm³/mol. The number of nitrogens with zero attached hydrogens (tertiary/aromatic N) is 1. The second-order valence-corrected chi connectivity index (χ2v) is 7.37. The lowest BCUT2D eigenvalue weighted by atomic mass is 10.2. The Labute approximate surface area is 155 Å². The molecule has 27 heavy (non-hydrogen) atoms. The molecule has 1 aliphatic heterocycles. The van der Waals surface area contributed by atoms with Crippen molar-refractivity contribution in [3.05, 3.63) is 54.0 Å². The van der Waals surface area contributed by atoms with Crippen LogP contribution in [-0.4, -0.2) is 38.8 Å². The van der Waals surface area contributed by atoms with Gasteiger partial charge < -0.3 is 14.5 Å². The van der Waals surface area contributed by atoms with Crippen LogP contribution in [0.3, 0.4) is 0 Å². The predicted octanol–water partition coefficient (Wildman–Crippen LogP) is 0.566. The summed E-state index contributed by atoms with van der Waals surface area (Å²) in [5.74, 6) is -0.607. The zero-order valence-corrected chi connectivity index (χ0v) is 15.2. The van der Waals surface area contributed by atoms with Crippen LogP contribution in [-0.2, 0) is 30.9 Å². The lowest BCUT2D eigenvalue weighted by Gasteiger charge is -2.09. The zero-order chi connectivity index (χ0) is 19.4. The first-order chi connectivity index (χ1) is 12.9. The Morgan fingerprint density at radius 2 is 2.04 bits per heavy atom. The molecule has 2 N–H and O–H groups in total. The average molecular weight is 391 g/mol. The highest BCUT2D eigenvalue weighted by Gasteiger charge is 2.31. The first-order valence-electron chi connectivity index (χ1n) is 8.02. The minimum atomic E-state index is -3.69. The van der Waals surface area contributed by atoms with Crippen molar-refractivity contribution in [2.24, 2.45) is 4.99 Å². The van der Waals surface area contributed by atoms with Crippen molar-refractivity contribution in [3.8, 4) is 0 Å². The maximum absolute atomic E-state index is 12.0. The Morgan fingerprint density at radius 1 is 1.26 bits per heavy atom. The van der Waals surface area contributed by atoms with Gasteiger partial charge in [0.1, 0.15) is 17.6 Å². The van der Waals surface area contributed by atoms with Gasteiger partial charge in [0.05, 0.1) is 17.7 Å².